The molecule has 0 saturated heterocycles. The maximum Gasteiger partial charge on any atom is 0.407 e. The normalized spacial score (nSPS) is 11.2. The number of rotatable bonds is 5. The molecule has 0 heterocycles. The number of carbonyl (C=O) groups excluding carboxylic acids is 1. The van der Waals surface area contributed by atoms with Crippen LogP contribution < -0.4 is 5.32 Å². The molecule has 1 amide bonds. The fourth-order valence-corrected chi connectivity index (χ4v) is 3.50. The lowest BCUT2D eigenvalue weighted by molar-refractivity contribution is 0.0528. The summed E-state index contributed by atoms with van der Waals surface area (Å²) in [6.07, 6.45) is 0.403. The fraction of sp³-hybridized carbons (Fsp3) is 0.381. The molecule has 0 aliphatic carbocycles. The quantitative estimate of drug-likeness (QED) is 0.765. The summed E-state index contributed by atoms with van der Waals surface area (Å²) in [5.74, 6) is 0. The van der Waals surface area contributed by atoms with Gasteiger partial charge in [0.1, 0.15) is 5.60 Å². The maximum atomic E-state index is 11.8. The molecule has 1 N–H and O–H groups in total. The molecule has 2 aromatic rings. The van der Waals surface area contributed by atoms with Crippen molar-refractivity contribution in [3.8, 4) is 0 Å². The molecule has 0 aliphatic rings. The van der Waals surface area contributed by atoms with Gasteiger partial charge in [-0.05, 0) is 64.3 Å². The van der Waals surface area contributed by atoms with Gasteiger partial charge in [0.05, 0.1) is 0 Å². The Labute approximate surface area is 155 Å². The van der Waals surface area contributed by atoms with E-state index >= 15 is 0 Å². The van der Waals surface area contributed by atoms with E-state index in [0.29, 0.717) is 6.54 Å². The van der Waals surface area contributed by atoms with Crippen LogP contribution in [0.3, 0.4) is 0 Å². The zero-order chi connectivity index (χ0) is 18.4. The zero-order valence-corrected chi connectivity index (χ0v) is 16.5. The summed E-state index contributed by atoms with van der Waals surface area (Å²) in [5.41, 5.74) is 3.31. The van der Waals surface area contributed by atoms with Crippen molar-refractivity contribution in [2.75, 3.05) is 6.54 Å². The number of amides is 1. The van der Waals surface area contributed by atoms with Crippen LogP contribution in [-0.4, -0.2) is 18.2 Å². The van der Waals surface area contributed by atoms with Crippen LogP contribution >= 0.6 is 11.8 Å². The Balaban J connectivity index is 1.99. The molecule has 4 heteroatoms. The van der Waals surface area contributed by atoms with Crippen LogP contribution in [0, 0.1) is 13.8 Å². The van der Waals surface area contributed by atoms with E-state index < -0.39 is 5.60 Å². The Morgan fingerprint density at radius 3 is 2.48 bits per heavy atom. The Bertz CT molecular complexity index is 735. The monoisotopic (exact) mass is 357 g/mol. The Morgan fingerprint density at radius 1 is 1.08 bits per heavy atom. The first kappa shape index (κ1) is 19.4. The number of benzene rings is 2. The van der Waals surface area contributed by atoms with Crippen LogP contribution in [0.1, 0.15) is 37.5 Å². The summed E-state index contributed by atoms with van der Waals surface area (Å²) in [4.78, 5) is 14.2. The Kier molecular flexibility index (Phi) is 6.54. The van der Waals surface area contributed by atoms with Crippen LogP contribution in [0.2, 0.25) is 0 Å². The lowest BCUT2D eigenvalue weighted by atomic mass is 10.1. The maximum absolute atomic E-state index is 11.8. The molecule has 0 saturated carbocycles. The molecular formula is C21H27NO2S. The average molecular weight is 358 g/mol. The van der Waals surface area contributed by atoms with Gasteiger partial charge in [0.15, 0.2) is 0 Å². The van der Waals surface area contributed by atoms with Gasteiger partial charge in [-0.3, -0.25) is 0 Å². The summed E-state index contributed by atoms with van der Waals surface area (Å²) in [6, 6.07) is 14.9. The van der Waals surface area contributed by atoms with Crippen molar-refractivity contribution in [1.29, 1.82) is 0 Å². The largest absolute Gasteiger partial charge is 0.444 e. The minimum absolute atomic E-state index is 0.369. The second kappa shape index (κ2) is 8.43. The highest BCUT2D eigenvalue weighted by Crippen LogP contribution is 2.33. The van der Waals surface area contributed by atoms with Crippen LogP contribution in [0.5, 0.6) is 0 Å². The van der Waals surface area contributed by atoms with E-state index in [9.17, 15) is 4.79 Å². The number of alkyl carbamates (subject to hydrolysis) is 1. The van der Waals surface area contributed by atoms with Gasteiger partial charge in [0.2, 0.25) is 0 Å². The van der Waals surface area contributed by atoms with Crippen molar-refractivity contribution < 1.29 is 9.53 Å². The minimum atomic E-state index is -0.471. The highest BCUT2D eigenvalue weighted by molar-refractivity contribution is 7.99. The summed E-state index contributed by atoms with van der Waals surface area (Å²) >= 11 is 1.77. The molecule has 0 unspecified atom stereocenters. The lowest BCUT2D eigenvalue weighted by Crippen LogP contribution is -2.33. The number of aryl methyl sites for hydroxylation is 2. The Morgan fingerprint density at radius 2 is 1.80 bits per heavy atom. The van der Waals surface area contributed by atoms with Crippen molar-refractivity contribution in [3.63, 3.8) is 0 Å². The van der Waals surface area contributed by atoms with Crippen molar-refractivity contribution in [3.05, 3.63) is 59.2 Å². The first-order chi connectivity index (χ1) is 11.7. The molecule has 134 valence electrons. The predicted octanol–water partition coefficient (Wildman–Crippen LogP) is 5.52. The third-order valence-electron chi connectivity index (χ3n) is 3.59. The van der Waals surface area contributed by atoms with E-state index in [4.69, 9.17) is 4.74 Å². The molecule has 0 bridgehead atoms. The van der Waals surface area contributed by atoms with Crippen molar-refractivity contribution in [2.45, 2.75) is 56.4 Å². The third-order valence-corrected chi connectivity index (χ3v) is 4.88. The van der Waals surface area contributed by atoms with E-state index in [0.717, 1.165) is 6.42 Å². The van der Waals surface area contributed by atoms with Gasteiger partial charge in [0.25, 0.3) is 0 Å². The molecule has 0 fully saturated rings. The zero-order valence-electron chi connectivity index (χ0n) is 15.7. The highest BCUT2D eigenvalue weighted by atomic mass is 32.2. The SMILES string of the molecule is Cc1ccc(Sc2ccccc2CCNC(=O)OC(C)(C)C)c(C)c1. The molecule has 0 atom stereocenters. The van der Waals surface area contributed by atoms with Crippen molar-refractivity contribution >= 4 is 17.9 Å². The van der Waals surface area contributed by atoms with Gasteiger partial charge >= 0.3 is 6.09 Å². The molecular weight excluding hydrogens is 330 g/mol. The highest BCUT2D eigenvalue weighted by Gasteiger charge is 2.15. The van der Waals surface area contributed by atoms with Gasteiger partial charge in [-0.15, -0.1) is 0 Å². The second-order valence-corrected chi connectivity index (χ2v) is 8.24. The van der Waals surface area contributed by atoms with Gasteiger partial charge in [-0.1, -0.05) is 47.7 Å². The van der Waals surface area contributed by atoms with E-state index in [1.165, 1.54) is 26.5 Å². The molecule has 25 heavy (non-hydrogen) atoms. The molecule has 2 rings (SSSR count). The smallest absolute Gasteiger partial charge is 0.407 e. The van der Waals surface area contributed by atoms with Crippen LogP contribution in [0.15, 0.2) is 52.3 Å². The van der Waals surface area contributed by atoms with E-state index in [-0.39, 0.29) is 6.09 Å². The van der Waals surface area contributed by atoms with Crippen LogP contribution in [0.4, 0.5) is 4.79 Å². The van der Waals surface area contributed by atoms with Crippen LogP contribution in [-0.2, 0) is 11.2 Å². The van der Waals surface area contributed by atoms with Crippen molar-refractivity contribution in [2.24, 2.45) is 0 Å². The minimum Gasteiger partial charge on any atom is -0.444 e. The van der Waals surface area contributed by atoms with E-state index in [2.05, 4.69) is 55.6 Å². The van der Waals surface area contributed by atoms with Gasteiger partial charge in [0, 0.05) is 16.3 Å². The van der Waals surface area contributed by atoms with Gasteiger partial charge < -0.3 is 10.1 Å². The number of nitrogens with one attached hydrogen (secondary N) is 1. The summed E-state index contributed by atoms with van der Waals surface area (Å²) < 4.78 is 5.27. The molecule has 2 aromatic carbocycles. The van der Waals surface area contributed by atoms with E-state index in [1.807, 2.05) is 26.8 Å². The molecule has 0 spiro atoms. The lowest BCUT2D eigenvalue weighted by Gasteiger charge is -2.19. The predicted molar refractivity (Wildman–Crippen MR) is 104 cm³/mol. The number of hydrogen-bond donors (Lipinski definition) is 1. The first-order valence-electron chi connectivity index (χ1n) is 8.54. The number of hydrogen-bond acceptors (Lipinski definition) is 3. The third kappa shape index (κ3) is 6.46. The number of ether oxygens (including phenoxy) is 1. The molecule has 0 radical (unpaired) electrons. The van der Waals surface area contributed by atoms with Crippen molar-refractivity contribution in [1.82, 2.24) is 5.32 Å². The van der Waals surface area contributed by atoms with Crippen LogP contribution in [0.25, 0.3) is 0 Å². The summed E-state index contributed by atoms with van der Waals surface area (Å²) in [6.45, 7) is 10.4. The van der Waals surface area contributed by atoms with Gasteiger partial charge in [-0.25, -0.2) is 4.79 Å². The number of carbonyl (C=O) groups is 1. The van der Waals surface area contributed by atoms with Gasteiger partial charge in [-0.2, -0.15) is 0 Å². The second-order valence-electron chi connectivity index (χ2n) is 7.16. The topological polar surface area (TPSA) is 38.3 Å². The molecule has 0 aromatic heterocycles. The molecule has 0 aliphatic heterocycles. The molecule has 3 nitrogen and oxygen atoms in total. The first-order valence-corrected chi connectivity index (χ1v) is 9.36. The standard InChI is InChI=1S/C21H27NO2S/c1-15-10-11-18(16(2)14-15)25-19-9-7-6-8-17(19)12-13-22-20(23)24-21(3,4)5/h6-11,14H,12-13H2,1-5H3,(H,22,23). The summed E-state index contributed by atoms with van der Waals surface area (Å²) in [5, 5.41) is 2.83. The Hall–Kier alpha value is -1.94. The average Bonchev–Trinajstić information content (AvgIpc) is 2.50. The summed E-state index contributed by atoms with van der Waals surface area (Å²) in [7, 11) is 0. The van der Waals surface area contributed by atoms with E-state index in [1.54, 1.807) is 11.8 Å². The fourth-order valence-electron chi connectivity index (χ4n) is 2.46.